The quantitative estimate of drug-likeness (QED) is 0.693. The lowest BCUT2D eigenvalue weighted by molar-refractivity contribution is -0.118. The lowest BCUT2D eigenvalue weighted by atomic mass is 10.2. The fourth-order valence-electron chi connectivity index (χ4n) is 0.897. The molecule has 0 aliphatic heterocycles. The van der Waals surface area contributed by atoms with Gasteiger partial charge >= 0.3 is 0 Å². The summed E-state index contributed by atoms with van der Waals surface area (Å²) in [7, 11) is 1.52. The van der Waals surface area contributed by atoms with Gasteiger partial charge in [-0.05, 0) is 0 Å². The van der Waals surface area contributed by atoms with E-state index in [2.05, 4.69) is 9.97 Å². The van der Waals surface area contributed by atoms with Crippen LogP contribution in [-0.2, 0) is 11.2 Å². The smallest absolute Gasteiger partial charge is 0.232 e. The number of methoxy groups -OCH3 is 1. The van der Waals surface area contributed by atoms with Crippen molar-refractivity contribution in [3.8, 4) is 5.88 Å². The van der Waals surface area contributed by atoms with Crippen molar-refractivity contribution in [1.82, 2.24) is 9.97 Å². The van der Waals surface area contributed by atoms with E-state index in [1.54, 1.807) is 6.20 Å². The summed E-state index contributed by atoms with van der Waals surface area (Å²) in [6, 6.07) is 0. The van der Waals surface area contributed by atoms with E-state index >= 15 is 0 Å². The van der Waals surface area contributed by atoms with E-state index in [4.69, 9.17) is 4.74 Å². The van der Waals surface area contributed by atoms with Gasteiger partial charge < -0.3 is 4.74 Å². The number of ether oxygens (including phenoxy) is 1. The van der Waals surface area contributed by atoms with Crippen molar-refractivity contribution in [1.29, 1.82) is 0 Å². The molecule has 0 saturated heterocycles. The van der Waals surface area contributed by atoms with E-state index in [1.807, 2.05) is 6.92 Å². The predicted octanol–water partition coefficient (Wildman–Crippen LogP) is 1.01. The van der Waals surface area contributed by atoms with Gasteiger partial charge in [-0.25, -0.2) is 4.98 Å². The Kier molecular flexibility index (Phi) is 3.37. The van der Waals surface area contributed by atoms with Gasteiger partial charge in [0.05, 0.1) is 25.4 Å². The zero-order chi connectivity index (χ0) is 9.68. The van der Waals surface area contributed by atoms with Crippen LogP contribution in [0.5, 0.6) is 5.88 Å². The first kappa shape index (κ1) is 9.64. The molecule has 0 aliphatic rings. The van der Waals surface area contributed by atoms with Crippen molar-refractivity contribution in [2.45, 2.75) is 19.8 Å². The van der Waals surface area contributed by atoms with Crippen LogP contribution in [0.2, 0.25) is 0 Å². The van der Waals surface area contributed by atoms with E-state index in [0.29, 0.717) is 24.4 Å². The number of rotatable bonds is 4. The van der Waals surface area contributed by atoms with E-state index in [9.17, 15) is 4.79 Å². The van der Waals surface area contributed by atoms with Crippen molar-refractivity contribution < 1.29 is 9.53 Å². The number of carbonyl (C=O) groups excluding carboxylic acids is 1. The molecule has 4 nitrogen and oxygen atoms in total. The van der Waals surface area contributed by atoms with Gasteiger partial charge in [-0.15, -0.1) is 0 Å². The molecule has 0 unspecified atom stereocenters. The molecule has 70 valence electrons. The standard InChI is InChI=1S/C9H12N2O2/c1-3-8(12)4-7-5-10-6-9(11-7)13-2/h5-6H,3-4H2,1-2H3. The highest BCUT2D eigenvalue weighted by Crippen LogP contribution is 2.05. The van der Waals surface area contributed by atoms with Gasteiger partial charge in [0.2, 0.25) is 5.88 Å². The topological polar surface area (TPSA) is 52.1 Å². The number of aromatic nitrogens is 2. The summed E-state index contributed by atoms with van der Waals surface area (Å²) >= 11 is 0. The maximum absolute atomic E-state index is 11.1. The molecular formula is C9H12N2O2. The summed E-state index contributed by atoms with van der Waals surface area (Å²) < 4.78 is 4.89. The van der Waals surface area contributed by atoms with Crippen LogP contribution in [-0.4, -0.2) is 22.9 Å². The zero-order valence-corrected chi connectivity index (χ0v) is 7.78. The Hall–Kier alpha value is -1.45. The molecule has 1 rings (SSSR count). The average molecular weight is 180 g/mol. The molecule has 0 radical (unpaired) electrons. The molecule has 4 heteroatoms. The van der Waals surface area contributed by atoms with Crippen LogP contribution >= 0.6 is 0 Å². The minimum absolute atomic E-state index is 0.155. The summed E-state index contributed by atoms with van der Waals surface area (Å²) in [6.07, 6.45) is 3.95. The van der Waals surface area contributed by atoms with E-state index in [1.165, 1.54) is 13.3 Å². The third-order valence-corrected chi connectivity index (χ3v) is 1.64. The fraction of sp³-hybridized carbons (Fsp3) is 0.444. The second kappa shape index (κ2) is 4.54. The molecule has 13 heavy (non-hydrogen) atoms. The molecule has 0 atom stereocenters. The van der Waals surface area contributed by atoms with Crippen molar-refractivity contribution in [3.63, 3.8) is 0 Å². The highest BCUT2D eigenvalue weighted by molar-refractivity contribution is 5.80. The molecule has 0 N–H and O–H groups in total. The van der Waals surface area contributed by atoms with E-state index in [0.717, 1.165) is 0 Å². The van der Waals surface area contributed by atoms with Crippen LogP contribution in [0.1, 0.15) is 19.0 Å². The number of ketones is 1. The highest BCUT2D eigenvalue weighted by atomic mass is 16.5. The molecule has 0 fully saturated rings. The van der Waals surface area contributed by atoms with Gasteiger partial charge in [0.1, 0.15) is 5.78 Å². The average Bonchev–Trinajstić information content (AvgIpc) is 2.18. The number of hydrogen-bond donors (Lipinski definition) is 0. The van der Waals surface area contributed by atoms with Gasteiger partial charge in [0, 0.05) is 12.6 Å². The second-order valence-electron chi connectivity index (χ2n) is 2.62. The summed E-state index contributed by atoms with van der Waals surface area (Å²) in [5.41, 5.74) is 0.659. The summed E-state index contributed by atoms with van der Waals surface area (Å²) in [6.45, 7) is 1.83. The second-order valence-corrected chi connectivity index (χ2v) is 2.62. The van der Waals surface area contributed by atoms with Crippen LogP contribution in [0.3, 0.4) is 0 Å². The monoisotopic (exact) mass is 180 g/mol. The summed E-state index contributed by atoms with van der Waals surface area (Å²) in [5, 5.41) is 0. The van der Waals surface area contributed by atoms with Crippen molar-refractivity contribution in [3.05, 3.63) is 18.1 Å². The first-order valence-electron chi connectivity index (χ1n) is 4.13. The van der Waals surface area contributed by atoms with Crippen LogP contribution < -0.4 is 4.74 Å². The maximum Gasteiger partial charge on any atom is 0.232 e. The van der Waals surface area contributed by atoms with Crippen molar-refractivity contribution >= 4 is 5.78 Å². The lowest BCUT2D eigenvalue weighted by Gasteiger charge is -2.00. The molecule has 1 heterocycles. The van der Waals surface area contributed by atoms with Crippen LogP contribution in [0.25, 0.3) is 0 Å². The van der Waals surface area contributed by atoms with Gasteiger partial charge in [0.25, 0.3) is 0 Å². The van der Waals surface area contributed by atoms with Gasteiger partial charge in [-0.3, -0.25) is 9.78 Å². The van der Waals surface area contributed by atoms with Gasteiger partial charge in [-0.1, -0.05) is 6.92 Å². The highest BCUT2D eigenvalue weighted by Gasteiger charge is 2.03. The first-order valence-corrected chi connectivity index (χ1v) is 4.13. The third-order valence-electron chi connectivity index (χ3n) is 1.64. The molecule has 1 aromatic rings. The Morgan fingerprint density at radius 2 is 2.31 bits per heavy atom. The molecular weight excluding hydrogens is 168 g/mol. The number of nitrogens with zero attached hydrogens (tertiary/aromatic N) is 2. The van der Waals surface area contributed by atoms with Crippen LogP contribution in [0.15, 0.2) is 12.4 Å². The molecule has 1 aromatic heterocycles. The molecule has 0 spiro atoms. The maximum atomic E-state index is 11.1. The SMILES string of the molecule is CCC(=O)Cc1cncc(OC)n1. The number of hydrogen-bond acceptors (Lipinski definition) is 4. The van der Waals surface area contributed by atoms with Crippen molar-refractivity contribution in [2.24, 2.45) is 0 Å². The molecule has 0 amide bonds. The van der Waals surface area contributed by atoms with Crippen molar-refractivity contribution in [2.75, 3.05) is 7.11 Å². The molecule has 0 bridgehead atoms. The third kappa shape index (κ3) is 2.82. The fourth-order valence-corrected chi connectivity index (χ4v) is 0.897. The van der Waals surface area contributed by atoms with Gasteiger partial charge in [-0.2, -0.15) is 0 Å². The summed E-state index contributed by atoms with van der Waals surface area (Å²) in [4.78, 5) is 19.0. The van der Waals surface area contributed by atoms with Crippen LogP contribution in [0.4, 0.5) is 0 Å². The Balaban J connectivity index is 2.71. The number of carbonyl (C=O) groups is 1. The Labute approximate surface area is 77.0 Å². The molecule has 0 saturated carbocycles. The molecule has 0 aliphatic carbocycles. The molecule has 0 aromatic carbocycles. The normalized spacial score (nSPS) is 9.69. The Morgan fingerprint density at radius 3 is 2.92 bits per heavy atom. The minimum Gasteiger partial charge on any atom is -0.480 e. The zero-order valence-electron chi connectivity index (χ0n) is 7.78. The predicted molar refractivity (Wildman–Crippen MR) is 47.6 cm³/mol. The first-order chi connectivity index (χ1) is 6.26. The Bertz CT molecular complexity index is 299. The van der Waals surface area contributed by atoms with E-state index < -0.39 is 0 Å². The van der Waals surface area contributed by atoms with E-state index in [-0.39, 0.29) is 5.78 Å². The lowest BCUT2D eigenvalue weighted by Crippen LogP contribution is -2.03. The van der Waals surface area contributed by atoms with Gasteiger partial charge in [0.15, 0.2) is 0 Å². The number of Topliss-reactive ketones (excluding diaryl/α,β-unsaturated/α-hetero) is 1. The largest absolute Gasteiger partial charge is 0.480 e. The van der Waals surface area contributed by atoms with Crippen LogP contribution in [0, 0.1) is 0 Å². The Morgan fingerprint density at radius 1 is 1.54 bits per heavy atom. The summed E-state index contributed by atoms with van der Waals surface area (Å²) in [5.74, 6) is 0.601. The minimum atomic E-state index is 0.155.